The third-order valence-corrected chi connectivity index (χ3v) is 5.43. The van der Waals surface area contributed by atoms with Gasteiger partial charge in [-0.1, -0.05) is 41.9 Å². The number of rotatable bonds is 6. The molecule has 0 saturated carbocycles. The maximum atomic E-state index is 13.7. The van der Waals surface area contributed by atoms with Gasteiger partial charge in [0, 0.05) is 38.3 Å². The number of nitrogens with zero attached hydrogens (tertiary/aromatic N) is 3. The summed E-state index contributed by atoms with van der Waals surface area (Å²) in [6.07, 6.45) is 1.34. The Hall–Kier alpha value is -2.90. The van der Waals surface area contributed by atoms with Crippen LogP contribution in [0.3, 0.4) is 0 Å². The number of nitrogens with one attached hydrogen (secondary N) is 1. The summed E-state index contributed by atoms with van der Waals surface area (Å²) in [5.41, 5.74) is 1.66. The van der Waals surface area contributed by atoms with Crippen LogP contribution in [0.4, 0.5) is 10.1 Å². The van der Waals surface area contributed by atoms with Crippen molar-refractivity contribution in [3.63, 3.8) is 0 Å². The van der Waals surface area contributed by atoms with Crippen LogP contribution in [0.15, 0.2) is 59.2 Å². The van der Waals surface area contributed by atoms with E-state index in [1.165, 1.54) is 12.3 Å². The summed E-state index contributed by atoms with van der Waals surface area (Å²) in [4.78, 5) is 21.0. The Kier molecular flexibility index (Phi) is 6.30. The third-order valence-electron chi connectivity index (χ3n) is 5.11. The number of anilines is 1. The molecule has 1 saturated heterocycles. The second kappa shape index (κ2) is 9.28. The van der Waals surface area contributed by atoms with Crippen molar-refractivity contribution in [2.45, 2.75) is 13.1 Å². The summed E-state index contributed by atoms with van der Waals surface area (Å²) in [5.74, 6) is -0.261. The Morgan fingerprint density at radius 1 is 1.10 bits per heavy atom. The molecular weight excluding hydrogens is 407 g/mol. The smallest absolute Gasteiger partial charge is 0.273 e. The predicted octanol–water partition coefficient (Wildman–Crippen LogP) is 3.72. The summed E-state index contributed by atoms with van der Waals surface area (Å²) in [7, 11) is 0. The SMILES string of the molecule is O=C(NCc1ccccc1F)c1coc(CN2CCN(c3ccccc3Cl)CC2)n1. The van der Waals surface area contributed by atoms with Crippen LogP contribution in [-0.2, 0) is 13.1 Å². The average Bonchev–Trinajstić information content (AvgIpc) is 3.23. The van der Waals surface area contributed by atoms with Gasteiger partial charge in [-0.2, -0.15) is 0 Å². The van der Waals surface area contributed by atoms with E-state index in [0.717, 1.165) is 36.9 Å². The van der Waals surface area contributed by atoms with Gasteiger partial charge in [-0.3, -0.25) is 9.69 Å². The highest BCUT2D eigenvalue weighted by molar-refractivity contribution is 6.33. The molecule has 1 aliphatic rings. The van der Waals surface area contributed by atoms with E-state index in [-0.39, 0.29) is 18.1 Å². The van der Waals surface area contributed by atoms with Crippen LogP contribution in [0.2, 0.25) is 5.02 Å². The standard InChI is InChI=1S/C22H22ClFN4O2/c23-17-6-2-4-8-20(17)28-11-9-27(10-12-28)14-21-26-19(15-30-21)22(29)25-13-16-5-1-3-7-18(16)24/h1-8,15H,9-14H2,(H,25,29). The number of hydrogen-bond donors (Lipinski definition) is 1. The lowest BCUT2D eigenvalue weighted by molar-refractivity contribution is 0.0945. The molecule has 0 aliphatic carbocycles. The number of piperazine rings is 1. The largest absolute Gasteiger partial charge is 0.447 e. The molecule has 2 heterocycles. The molecule has 1 aliphatic heterocycles. The third kappa shape index (κ3) is 4.80. The number of hydrogen-bond acceptors (Lipinski definition) is 5. The maximum Gasteiger partial charge on any atom is 0.273 e. The van der Waals surface area contributed by atoms with Crippen molar-refractivity contribution < 1.29 is 13.6 Å². The molecule has 1 aromatic heterocycles. The molecule has 1 amide bonds. The first kappa shape index (κ1) is 20.4. The zero-order valence-electron chi connectivity index (χ0n) is 16.4. The fraction of sp³-hybridized carbons (Fsp3) is 0.273. The Bertz CT molecular complexity index is 1020. The lowest BCUT2D eigenvalue weighted by Gasteiger charge is -2.35. The van der Waals surface area contributed by atoms with E-state index in [9.17, 15) is 9.18 Å². The van der Waals surface area contributed by atoms with E-state index in [1.807, 2.05) is 24.3 Å². The molecule has 1 fully saturated rings. The molecule has 2 aromatic carbocycles. The van der Waals surface area contributed by atoms with Crippen LogP contribution in [0.1, 0.15) is 21.9 Å². The minimum absolute atomic E-state index is 0.0949. The summed E-state index contributed by atoms with van der Waals surface area (Å²) < 4.78 is 19.1. The van der Waals surface area contributed by atoms with E-state index in [2.05, 4.69) is 20.1 Å². The molecular formula is C22H22ClFN4O2. The summed E-state index contributed by atoms with van der Waals surface area (Å²) >= 11 is 6.29. The Labute approximate surface area is 179 Å². The first-order valence-electron chi connectivity index (χ1n) is 9.78. The van der Waals surface area contributed by atoms with Crippen molar-refractivity contribution in [3.05, 3.63) is 82.8 Å². The molecule has 0 radical (unpaired) electrons. The fourth-order valence-electron chi connectivity index (χ4n) is 3.44. The number of amides is 1. The zero-order valence-corrected chi connectivity index (χ0v) is 17.1. The fourth-order valence-corrected chi connectivity index (χ4v) is 3.70. The number of halogens is 2. The second-order valence-corrected chi connectivity index (χ2v) is 7.52. The van der Waals surface area contributed by atoms with Gasteiger partial charge in [0.1, 0.15) is 12.1 Å². The van der Waals surface area contributed by atoms with Gasteiger partial charge in [0.15, 0.2) is 5.69 Å². The molecule has 3 aromatic rings. The molecule has 1 N–H and O–H groups in total. The van der Waals surface area contributed by atoms with Crippen LogP contribution in [-0.4, -0.2) is 42.0 Å². The Morgan fingerprint density at radius 3 is 2.60 bits per heavy atom. The van der Waals surface area contributed by atoms with Crippen LogP contribution >= 0.6 is 11.6 Å². The van der Waals surface area contributed by atoms with E-state index in [1.54, 1.807) is 18.2 Å². The van der Waals surface area contributed by atoms with E-state index in [0.29, 0.717) is 18.0 Å². The molecule has 6 nitrogen and oxygen atoms in total. The van der Waals surface area contributed by atoms with Crippen LogP contribution in [0.25, 0.3) is 0 Å². The number of carbonyl (C=O) groups excluding carboxylic acids is 1. The van der Waals surface area contributed by atoms with Crippen LogP contribution in [0, 0.1) is 5.82 Å². The van der Waals surface area contributed by atoms with E-state index >= 15 is 0 Å². The number of benzene rings is 2. The highest BCUT2D eigenvalue weighted by Crippen LogP contribution is 2.26. The molecule has 156 valence electrons. The highest BCUT2D eigenvalue weighted by Gasteiger charge is 2.21. The number of aromatic nitrogens is 1. The second-order valence-electron chi connectivity index (χ2n) is 7.12. The van der Waals surface area contributed by atoms with Gasteiger partial charge >= 0.3 is 0 Å². The van der Waals surface area contributed by atoms with Gasteiger partial charge in [0.25, 0.3) is 5.91 Å². The van der Waals surface area contributed by atoms with Gasteiger partial charge in [0.05, 0.1) is 17.3 Å². The van der Waals surface area contributed by atoms with Crippen molar-refractivity contribution in [2.24, 2.45) is 0 Å². The summed E-state index contributed by atoms with van der Waals surface area (Å²) in [5, 5.41) is 3.42. The lowest BCUT2D eigenvalue weighted by atomic mass is 10.2. The lowest BCUT2D eigenvalue weighted by Crippen LogP contribution is -2.46. The predicted molar refractivity (Wildman–Crippen MR) is 113 cm³/mol. The molecule has 0 atom stereocenters. The normalized spacial score (nSPS) is 14.7. The molecule has 4 rings (SSSR count). The number of carbonyl (C=O) groups is 1. The van der Waals surface area contributed by atoms with Crippen molar-refractivity contribution in [1.29, 1.82) is 0 Å². The van der Waals surface area contributed by atoms with Gasteiger partial charge < -0.3 is 14.6 Å². The van der Waals surface area contributed by atoms with Gasteiger partial charge in [0.2, 0.25) is 5.89 Å². The molecule has 8 heteroatoms. The summed E-state index contributed by atoms with van der Waals surface area (Å²) in [6, 6.07) is 14.2. The number of oxazole rings is 1. The molecule has 0 unspecified atom stereocenters. The minimum atomic E-state index is -0.392. The molecule has 0 bridgehead atoms. The highest BCUT2D eigenvalue weighted by atomic mass is 35.5. The zero-order chi connectivity index (χ0) is 20.9. The molecule has 0 spiro atoms. The monoisotopic (exact) mass is 428 g/mol. The maximum absolute atomic E-state index is 13.7. The topological polar surface area (TPSA) is 61.6 Å². The van der Waals surface area contributed by atoms with Crippen molar-refractivity contribution in [1.82, 2.24) is 15.2 Å². The van der Waals surface area contributed by atoms with Crippen LogP contribution in [0.5, 0.6) is 0 Å². The Morgan fingerprint density at radius 2 is 1.83 bits per heavy atom. The van der Waals surface area contributed by atoms with Crippen molar-refractivity contribution >= 4 is 23.2 Å². The van der Waals surface area contributed by atoms with Gasteiger partial charge in [-0.05, 0) is 18.2 Å². The Balaban J connectivity index is 1.28. The minimum Gasteiger partial charge on any atom is -0.447 e. The first-order valence-corrected chi connectivity index (χ1v) is 10.2. The van der Waals surface area contributed by atoms with Gasteiger partial charge in [-0.15, -0.1) is 0 Å². The van der Waals surface area contributed by atoms with Crippen molar-refractivity contribution in [2.75, 3.05) is 31.1 Å². The van der Waals surface area contributed by atoms with E-state index < -0.39 is 5.91 Å². The van der Waals surface area contributed by atoms with Gasteiger partial charge in [-0.25, -0.2) is 9.37 Å². The summed E-state index contributed by atoms with van der Waals surface area (Å²) in [6.45, 7) is 3.99. The molecule has 30 heavy (non-hydrogen) atoms. The van der Waals surface area contributed by atoms with Crippen LogP contribution < -0.4 is 10.2 Å². The average molecular weight is 429 g/mol. The number of para-hydroxylation sites is 1. The first-order chi connectivity index (χ1) is 14.6. The quantitative estimate of drug-likeness (QED) is 0.648. The van der Waals surface area contributed by atoms with Crippen molar-refractivity contribution in [3.8, 4) is 0 Å². The van der Waals surface area contributed by atoms with E-state index in [4.69, 9.17) is 16.0 Å².